The van der Waals surface area contributed by atoms with Gasteiger partial charge < -0.3 is 24.4 Å². The van der Waals surface area contributed by atoms with Gasteiger partial charge in [-0.25, -0.2) is 9.00 Å². The molecule has 10 nitrogen and oxygen atoms in total. The summed E-state index contributed by atoms with van der Waals surface area (Å²) in [7, 11) is -0.106. The van der Waals surface area contributed by atoms with Gasteiger partial charge in [-0.3, -0.25) is 9.52 Å². The number of amides is 3. The van der Waals surface area contributed by atoms with Crippen LogP contribution in [0.15, 0.2) is 52.9 Å². The summed E-state index contributed by atoms with van der Waals surface area (Å²) < 4.78 is 38.8. The fourth-order valence-electron chi connectivity index (χ4n) is 7.34. The number of nitrogens with one attached hydrogen (secondary N) is 2. The number of fused-ring (bicyclic) bond motifs is 3. The van der Waals surface area contributed by atoms with E-state index in [1.54, 1.807) is 20.3 Å². The van der Waals surface area contributed by atoms with Crippen LogP contribution in [0.2, 0.25) is 5.02 Å². The van der Waals surface area contributed by atoms with Gasteiger partial charge in [0.15, 0.2) is 0 Å². The van der Waals surface area contributed by atoms with E-state index in [0.29, 0.717) is 48.8 Å². The molecule has 2 aliphatic heterocycles. The van der Waals surface area contributed by atoms with Crippen LogP contribution in [-0.4, -0.2) is 68.0 Å². The second-order valence-electron chi connectivity index (χ2n) is 14.1. The first-order valence-electron chi connectivity index (χ1n) is 17.5. The lowest BCUT2D eigenvalue weighted by Crippen LogP contribution is -2.43. The average molecular weight is 713 g/mol. The zero-order chi connectivity index (χ0) is 34.5. The minimum Gasteiger partial charge on any atom is -0.491 e. The number of allylic oxidation sites excluding steroid dienone is 1. The van der Waals surface area contributed by atoms with Crippen LogP contribution in [0, 0.1) is 23.7 Å². The number of halogens is 1. The maximum atomic E-state index is 14.4. The molecule has 7 atom stereocenters. The standard InChI is InChI=1S/C37H49ClN4O6S/c1-24-7-6-9-34(47-3)31-14-11-28(31)21-42-20-27-10-13-30(38)17-25(27)8-4-5-16-48-35-15-12-26(19-33(35)42)36(43)40-49(45,23-24)41-37(44)39-32-18-29(32)22-46-2/h6,9-10,12-13,15,17,19,24,28-29,31-32,34H,4-5,7-8,11,14,16,18,20-23H2,1-3H3,(H2,39,40,41,43,44,45)/b9-6+/t24-,28-,29-,31+,32-,34-,49?/m0/s1. The fourth-order valence-corrected chi connectivity index (χ4v) is 9.37. The first-order chi connectivity index (χ1) is 23.6. The third-order valence-corrected chi connectivity index (χ3v) is 12.5. The summed E-state index contributed by atoms with van der Waals surface area (Å²) in [6.45, 7) is 4.38. The highest BCUT2D eigenvalue weighted by molar-refractivity contribution is 7.92. The minimum absolute atomic E-state index is 0.0197. The average Bonchev–Trinajstić information content (AvgIpc) is 3.78. The summed E-state index contributed by atoms with van der Waals surface area (Å²) in [4.78, 5) is 29.3. The predicted octanol–water partition coefficient (Wildman–Crippen LogP) is 6.56. The summed E-state index contributed by atoms with van der Waals surface area (Å²) >= 11 is 6.46. The highest BCUT2D eigenvalue weighted by atomic mass is 35.5. The third kappa shape index (κ3) is 8.98. The molecule has 0 saturated heterocycles. The number of carbonyl (C=O) groups excluding carboxylic acids is 2. The zero-order valence-corrected chi connectivity index (χ0v) is 30.3. The largest absolute Gasteiger partial charge is 0.491 e. The highest BCUT2D eigenvalue weighted by Crippen LogP contribution is 2.42. The number of benzene rings is 2. The van der Waals surface area contributed by atoms with Crippen molar-refractivity contribution in [1.29, 1.82) is 0 Å². The van der Waals surface area contributed by atoms with Crippen LogP contribution >= 0.6 is 11.6 Å². The predicted molar refractivity (Wildman–Crippen MR) is 193 cm³/mol. The van der Waals surface area contributed by atoms with Crippen molar-refractivity contribution in [2.24, 2.45) is 28.0 Å². The SMILES string of the molecule is COC[C@@H]1C[C@@H]1NC(=O)NS1(=O)=NC(=O)c2ccc3c(c2)N(Cc2ccc(Cl)cc2CCCCO3)C[C@@H]2CC[C@H]2[C@@H](OC)/C=C/C[C@H](C)C1. The van der Waals surface area contributed by atoms with Gasteiger partial charge in [-0.1, -0.05) is 36.7 Å². The Labute approximate surface area is 295 Å². The van der Waals surface area contributed by atoms with Gasteiger partial charge in [0, 0.05) is 49.9 Å². The Bertz CT molecular complexity index is 1680. The van der Waals surface area contributed by atoms with Gasteiger partial charge in [-0.15, -0.1) is 4.36 Å². The number of rotatable bonds is 5. The molecule has 2 aromatic carbocycles. The van der Waals surface area contributed by atoms with E-state index in [1.165, 1.54) is 11.1 Å². The number of ether oxygens (including phenoxy) is 3. The molecule has 49 heavy (non-hydrogen) atoms. The number of carbonyl (C=O) groups is 2. The first kappa shape index (κ1) is 35.7. The van der Waals surface area contributed by atoms with E-state index in [1.807, 2.05) is 25.1 Å². The first-order valence-corrected chi connectivity index (χ1v) is 19.6. The van der Waals surface area contributed by atoms with Crippen molar-refractivity contribution in [1.82, 2.24) is 10.0 Å². The van der Waals surface area contributed by atoms with Crippen molar-refractivity contribution in [3.05, 3.63) is 70.3 Å². The van der Waals surface area contributed by atoms with E-state index in [-0.39, 0.29) is 35.3 Å². The van der Waals surface area contributed by atoms with Gasteiger partial charge in [-0.05, 0) is 104 Å². The van der Waals surface area contributed by atoms with Crippen molar-refractivity contribution in [2.75, 3.05) is 44.6 Å². The summed E-state index contributed by atoms with van der Waals surface area (Å²) in [6.07, 6.45) is 10.4. The van der Waals surface area contributed by atoms with E-state index < -0.39 is 21.9 Å². The topological polar surface area (TPSA) is 119 Å². The second-order valence-corrected chi connectivity index (χ2v) is 16.5. The van der Waals surface area contributed by atoms with Gasteiger partial charge in [-0.2, -0.15) is 0 Å². The van der Waals surface area contributed by atoms with Crippen molar-refractivity contribution in [3.8, 4) is 5.75 Å². The lowest BCUT2D eigenvalue weighted by atomic mass is 9.70. The van der Waals surface area contributed by atoms with Crippen LogP contribution < -0.4 is 19.7 Å². The number of aryl methyl sites for hydroxylation is 1. The van der Waals surface area contributed by atoms with E-state index >= 15 is 0 Å². The molecule has 6 rings (SSSR count). The Balaban J connectivity index is 1.39. The Morgan fingerprint density at radius 2 is 2.00 bits per heavy atom. The Morgan fingerprint density at radius 3 is 2.78 bits per heavy atom. The van der Waals surface area contributed by atoms with E-state index in [4.69, 9.17) is 25.8 Å². The van der Waals surface area contributed by atoms with Crippen molar-refractivity contribution < 1.29 is 28.0 Å². The van der Waals surface area contributed by atoms with E-state index in [0.717, 1.165) is 50.8 Å². The van der Waals surface area contributed by atoms with Gasteiger partial charge in [0.05, 0.1) is 30.8 Å². The molecule has 2 fully saturated rings. The molecular formula is C37H49ClN4O6S. The molecule has 4 aliphatic rings. The molecule has 0 spiro atoms. The van der Waals surface area contributed by atoms with Crippen LogP contribution in [0.4, 0.5) is 10.5 Å². The monoisotopic (exact) mass is 712 g/mol. The molecule has 2 aliphatic carbocycles. The van der Waals surface area contributed by atoms with Gasteiger partial charge >= 0.3 is 6.03 Å². The highest BCUT2D eigenvalue weighted by Gasteiger charge is 2.39. The molecule has 2 heterocycles. The molecule has 2 saturated carbocycles. The number of methoxy groups -OCH3 is 2. The molecular weight excluding hydrogens is 664 g/mol. The summed E-state index contributed by atoms with van der Waals surface area (Å²) in [5, 5.41) is 3.59. The van der Waals surface area contributed by atoms with E-state index in [9.17, 15) is 13.8 Å². The quantitative estimate of drug-likeness (QED) is 0.338. The molecule has 266 valence electrons. The maximum absolute atomic E-state index is 14.4. The smallest absolute Gasteiger partial charge is 0.327 e. The lowest BCUT2D eigenvalue weighted by molar-refractivity contribution is 0.0133. The molecule has 2 aromatic rings. The summed E-state index contributed by atoms with van der Waals surface area (Å²) in [5.74, 6) is 0.851. The summed E-state index contributed by atoms with van der Waals surface area (Å²) in [5.41, 5.74) is 3.47. The van der Waals surface area contributed by atoms with Crippen LogP contribution in [0.25, 0.3) is 0 Å². The van der Waals surface area contributed by atoms with E-state index in [2.05, 4.69) is 43.6 Å². The normalized spacial score (nSPS) is 30.9. The maximum Gasteiger partial charge on any atom is 0.327 e. The van der Waals surface area contributed by atoms with Gasteiger partial charge in [0.25, 0.3) is 5.91 Å². The van der Waals surface area contributed by atoms with Crippen molar-refractivity contribution >= 4 is 39.1 Å². The van der Waals surface area contributed by atoms with Crippen LogP contribution in [0.3, 0.4) is 0 Å². The van der Waals surface area contributed by atoms with Crippen molar-refractivity contribution in [3.63, 3.8) is 0 Å². The third-order valence-electron chi connectivity index (χ3n) is 10.3. The molecule has 0 aromatic heterocycles. The minimum atomic E-state index is -3.49. The number of hydrogen-bond donors (Lipinski definition) is 2. The Hall–Kier alpha value is -3.12. The Kier molecular flexibility index (Phi) is 11.5. The van der Waals surface area contributed by atoms with Crippen LogP contribution in [0.5, 0.6) is 5.75 Å². The Morgan fingerprint density at radius 1 is 1.14 bits per heavy atom. The van der Waals surface area contributed by atoms with Gasteiger partial charge in [0.1, 0.15) is 15.7 Å². The lowest BCUT2D eigenvalue weighted by Gasteiger charge is -2.43. The molecule has 2 N–H and O–H groups in total. The van der Waals surface area contributed by atoms with Crippen LogP contribution in [-0.2, 0) is 32.4 Å². The number of anilines is 1. The molecule has 12 heteroatoms. The molecule has 2 bridgehead atoms. The fraction of sp³-hybridized carbons (Fsp3) is 0.568. The van der Waals surface area contributed by atoms with Crippen LogP contribution in [0.1, 0.15) is 66.9 Å². The second kappa shape index (κ2) is 15.8. The number of urea groups is 1. The molecule has 3 amide bonds. The molecule has 1 unspecified atom stereocenters. The zero-order valence-electron chi connectivity index (χ0n) is 28.7. The van der Waals surface area contributed by atoms with Gasteiger partial charge in [0.2, 0.25) is 0 Å². The molecule has 0 radical (unpaired) electrons. The number of hydrogen-bond acceptors (Lipinski definition) is 7. The van der Waals surface area contributed by atoms with Crippen molar-refractivity contribution in [2.45, 2.75) is 70.6 Å². The number of nitrogens with zero attached hydrogens (tertiary/aromatic N) is 2. The summed E-state index contributed by atoms with van der Waals surface area (Å²) in [6, 6.07) is 10.7.